The third-order valence-electron chi connectivity index (χ3n) is 18.9. The normalized spacial score (nSPS) is 26.2. The summed E-state index contributed by atoms with van der Waals surface area (Å²) in [5, 5.41) is 0. The van der Waals surface area contributed by atoms with E-state index in [1.807, 2.05) is 75.0 Å². The van der Waals surface area contributed by atoms with Crippen molar-refractivity contribution in [2.45, 2.75) is 153 Å². The Bertz CT molecular complexity index is 4010. The largest absolute Gasteiger partial charge is 0.496 e. The van der Waals surface area contributed by atoms with Gasteiger partial charge in [-0.2, -0.15) is 0 Å². The van der Waals surface area contributed by atoms with Gasteiger partial charge < -0.3 is 28.4 Å². The van der Waals surface area contributed by atoms with Gasteiger partial charge in [0.15, 0.2) is 23.6 Å². The molecule has 4 aliphatic carbocycles. The van der Waals surface area contributed by atoms with E-state index in [-0.39, 0.29) is 23.3 Å². The standard InChI is InChI=1S/2C19H21N3O2.2C17H17N3O/c2*1-12-19(22-13(2)24-12)7-6-16-15(14-9-20-11-21-10-14)4-5-18(23-3)17(16)8-19;2*1-12-20-17(10-21-12)6-5-13-3-2-4-15(16(13)7-17)14-8-18-11-19-9-14/h2*4-5,9-12H,6-8H2,1-3H3;2*2-4,8-9,11H,5-7,10H2,1H3/t12-,19+;;2*17-/m1.10/s1/i;;2*10D2. The fraction of sp³-hybridized carbons (Fsp3) is 0.389. The summed E-state index contributed by atoms with van der Waals surface area (Å²) < 4.78 is 66.8. The quantitative estimate of drug-likeness (QED) is 0.152. The number of fused-ring (bicyclic) bond motifs is 4. The minimum absolute atomic E-state index is 0.0964. The average Bonchev–Trinajstić information content (AvgIpc) is 1.47. The Hall–Kier alpha value is -9.32. The zero-order valence-corrected chi connectivity index (χ0v) is 52.2. The number of ether oxygens (including phenoxy) is 6. The highest BCUT2D eigenvalue weighted by Gasteiger charge is 2.48. The highest BCUT2D eigenvalue weighted by molar-refractivity contribution is 5.79. The van der Waals surface area contributed by atoms with Gasteiger partial charge in [0.1, 0.15) is 84.3 Å². The van der Waals surface area contributed by atoms with Crippen LogP contribution in [-0.4, -0.2) is 125 Å². The van der Waals surface area contributed by atoms with Gasteiger partial charge in [-0.1, -0.05) is 48.5 Å². The van der Waals surface area contributed by atoms with Crippen LogP contribution in [0.15, 0.2) is 156 Å². The van der Waals surface area contributed by atoms with Crippen LogP contribution >= 0.6 is 0 Å². The summed E-state index contributed by atoms with van der Waals surface area (Å²) in [5.41, 5.74) is 16.3. The molecular weight excluding hydrogens is 1130 g/mol. The van der Waals surface area contributed by atoms with Gasteiger partial charge in [-0.3, -0.25) is 0 Å². The summed E-state index contributed by atoms with van der Waals surface area (Å²) in [6.07, 6.45) is 30.4. The van der Waals surface area contributed by atoms with E-state index in [2.05, 4.69) is 88.0 Å². The van der Waals surface area contributed by atoms with Crippen LogP contribution < -0.4 is 9.47 Å². The molecule has 4 aromatic carbocycles. The maximum absolute atomic E-state index is 8.28. The summed E-state index contributed by atoms with van der Waals surface area (Å²) in [6, 6.07) is 20.7. The second kappa shape index (κ2) is 24.9. The molecule has 0 N–H and O–H groups in total. The van der Waals surface area contributed by atoms with E-state index in [9.17, 15) is 0 Å². The van der Waals surface area contributed by atoms with E-state index in [4.69, 9.17) is 43.9 Å². The molecule has 16 rings (SSSR count). The van der Waals surface area contributed by atoms with Gasteiger partial charge in [-0.05, 0) is 133 Å². The van der Waals surface area contributed by atoms with Crippen LogP contribution in [0, 0.1) is 0 Å². The Morgan fingerprint density at radius 2 is 0.756 bits per heavy atom. The van der Waals surface area contributed by atoms with Gasteiger partial charge in [0, 0.05) is 136 Å². The molecular formula is C72H76N12O6. The first-order valence-corrected chi connectivity index (χ1v) is 30.8. The molecule has 0 bridgehead atoms. The molecule has 18 nitrogen and oxygen atoms in total. The smallest absolute Gasteiger partial charge is 0.181 e. The topological polar surface area (TPSA) is 208 Å². The number of hydrogen-bond donors (Lipinski definition) is 0. The van der Waals surface area contributed by atoms with Crippen molar-refractivity contribution >= 4 is 23.6 Å². The van der Waals surface area contributed by atoms with Crippen LogP contribution in [0.1, 0.15) is 117 Å². The molecule has 6 atom stereocenters. The third-order valence-corrected chi connectivity index (χ3v) is 18.9. The molecule has 4 aliphatic heterocycles. The lowest BCUT2D eigenvalue weighted by molar-refractivity contribution is 0.140. The summed E-state index contributed by atoms with van der Waals surface area (Å²) >= 11 is 0. The molecule has 8 aromatic rings. The van der Waals surface area contributed by atoms with Crippen molar-refractivity contribution in [2.24, 2.45) is 20.0 Å². The van der Waals surface area contributed by atoms with E-state index in [1.54, 1.807) is 65.5 Å². The summed E-state index contributed by atoms with van der Waals surface area (Å²) in [5.74, 6) is 4.29. The lowest BCUT2D eigenvalue weighted by Crippen LogP contribution is -2.41. The summed E-state index contributed by atoms with van der Waals surface area (Å²) in [7, 11) is 3.45. The molecule has 8 aliphatic rings. The van der Waals surface area contributed by atoms with Crippen molar-refractivity contribution in [2.75, 3.05) is 27.3 Å². The molecule has 90 heavy (non-hydrogen) atoms. The Balaban J connectivity index is 0.000000114. The Labute approximate surface area is 531 Å². The second-order valence-corrected chi connectivity index (χ2v) is 24.4. The van der Waals surface area contributed by atoms with Gasteiger partial charge in [0.05, 0.1) is 19.7 Å². The minimum Gasteiger partial charge on any atom is -0.496 e. The fourth-order valence-corrected chi connectivity index (χ4v) is 14.5. The van der Waals surface area contributed by atoms with E-state index in [1.165, 1.54) is 57.2 Å². The van der Waals surface area contributed by atoms with Crippen molar-refractivity contribution in [3.63, 3.8) is 0 Å². The summed E-state index contributed by atoms with van der Waals surface area (Å²) in [6.45, 7) is 8.02. The van der Waals surface area contributed by atoms with Crippen LogP contribution in [0.5, 0.6) is 11.5 Å². The molecule has 2 unspecified atom stereocenters. The zero-order chi connectivity index (χ0) is 65.6. The van der Waals surface area contributed by atoms with Crippen molar-refractivity contribution in [1.82, 2.24) is 39.9 Å². The van der Waals surface area contributed by atoms with Crippen LogP contribution in [-0.2, 0) is 70.3 Å². The number of aliphatic imine (C=N–C) groups is 4. The maximum Gasteiger partial charge on any atom is 0.181 e. The first-order valence-electron chi connectivity index (χ1n) is 32.8. The zero-order valence-electron chi connectivity index (χ0n) is 56.2. The van der Waals surface area contributed by atoms with E-state index in [0.29, 0.717) is 37.5 Å². The number of aryl methyl sites for hydroxylation is 2. The molecule has 0 amide bonds. The molecule has 0 saturated carbocycles. The van der Waals surface area contributed by atoms with Crippen molar-refractivity contribution in [3.05, 3.63) is 180 Å². The van der Waals surface area contributed by atoms with Crippen molar-refractivity contribution in [1.29, 1.82) is 0 Å². The van der Waals surface area contributed by atoms with Crippen molar-refractivity contribution in [3.8, 4) is 56.0 Å². The lowest BCUT2D eigenvalue weighted by Gasteiger charge is -2.36. The lowest BCUT2D eigenvalue weighted by atomic mass is 9.73. The van der Waals surface area contributed by atoms with E-state index >= 15 is 0 Å². The predicted octanol–water partition coefficient (Wildman–Crippen LogP) is 12.1. The fourth-order valence-electron chi connectivity index (χ4n) is 14.5. The van der Waals surface area contributed by atoms with Gasteiger partial charge in [0.25, 0.3) is 0 Å². The first-order chi connectivity index (χ1) is 45.3. The number of aromatic nitrogens is 8. The Morgan fingerprint density at radius 1 is 0.400 bits per heavy atom. The van der Waals surface area contributed by atoms with Gasteiger partial charge in [-0.25, -0.2) is 59.8 Å². The van der Waals surface area contributed by atoms with E-state index < -0.39 is 24.2 Å². The molecule has 460 valence electrons. The Morgan fingerprint density at radius 3 is 1.07 bits per heavy atom. The van der Waals surface area contributed by atoms with Crippen LogP contribution in [0.4, 0.5) is 0 Å². The second-order valence-electron chi connectivity index (χ2n) is 24.4. The van der Waals surface area contributed by atoms with Gasteiger partial charge in [0.2, 0.25) is 0 Å². The molecule has 0 radical (unpaired) electrons. The van der Waals surface area contributed by atoms with Crippen LogP contribution in [0.2, 0.25) is 0 Å². The Kier molecular flexibility index (Phi) is 15.2. The third kappa shape index (κ3) is 11.8. The number of nitrogens with zero attached hydrogens (tertiary/aromatic N) is 12. The molecule has 18 heteroatoms. The number of rotatable bonds is 6. The first kappa shape index (κ1) is 54.8. The maximum atomic E-state index is 8.28. The van der Waals surface area contributed by atoms with Gasteiger partial charge >= 0.3 is 0 Å². The molecule has 0 saturated heterocycles. The SMILES string of the molecule is COc1ccc(-c2cncnc2)c2c1CC1(CC2)N=C(C)OC1C.COc1ccc(-c2cncnc2)c2c1C[C@]1(CC2)N=C(C)O[C@@H]1C.[2H]C1([2H])OC(C)=N[C@@]12CCc1cccc(-c3cncnc3)c1C2.[2H]C1([2H])OC(C)=N[C@]12CCc1cccc(-c3cncnc3)c1C2. The molecule has 8 heterocycles. The average molecular weight is 1210 g/mol. The highest BCUT2D eigenvalue weighted by atomic mass is 16.5. The van der Waals surface area contributed by atoms with Gasteiger partial charge in [-0.15, -0.1) is 0 Å². The monoisotopic (exact) mass is 1210 g/mol. The number of hydrogen-bond acceptors (Lipinski definition) is 18. The highest BCUT2D eigenvalue weighted by Crippen LogP contribution is 2.48. The minimum atomic E-state index is -1.77. The van der Waals surface area contributed by atoms with Crippen molar-refractivity contribution < 1.29 is 33.9 Å². The molecule has 4 aromatic heterocycles. The number of methoxy groups -OCH3 is 2. The van der Waals surface area contributed by atoms with Crippen LogP contribution in [0.25, 0.3) is 44.5 Å². The summed E-state index contributed by atoms with van der Waals surface area (Å²) in [4.78, 5) is 51.9. The molecule has 0 fully saturated rings. The predicted molar refractivity (Wildman–Crippen MR) is 347 cm³/mol. The molecule has 4 spiro atoms. The number of benzene rings is 4. The van der Waals surface area contributed by atoms with Crippen LogP contribution in [0.3, 0.4) is 0 Å². The van der Waals surface area contributed by atoms with E-state index in [0.717, 1.165) is 119 Å².